The number of fused-ring (bicyclic) bond motifs is 2. The number of nitrogens with one attached hydrogen (secondary N) is 3. The lowest BCUT2D eigenvalue weighted by molar-refractivity contribution is -0.142. The van der Waals surface area contributed by atoms with Gasteiger partial charge in [0.1, 0.15) is 47.3 Å². The molecule has 0 unspecified atom stereocenters. The number of carbonyl (C=O) groups excluding carboxylic acids is 2. The summed E-state index contributed by atoms with van der Waals surface area (Å²) in [5.41, 5.74) is 4.54. The summed E-state index contributed by atoms with van der Waals surface area (Å²) in [4.78, 5) is 76.6. The summed E-state index contributed by atoms with van der Waals surface area (Å²) in [6.45, 7) is 7.36. The summed E-state index contributed by atoms with van der Waals surface area (Å²) >= 11 is 0. The molecule has 0 radical (unpaired) electrons. The zero-order chi connectivity index (χ0) is 54.2. The number of carbonyl (C=O) groups is 6. The molecule has 1 heterocycles. The van der Waals surface area contributed by atoms with Gasteiger partial charge in [0, 0.05) is 51.3 Å². The number of rotatable bonds is 16. The molecule has 4 amide bonds. The zero-order valence-corrected chi connectivity index (χ0v) is 41.6. The SMILES string of the molecule is Cc1c(C)c(NC(=O)N(CC(=O)O)CC(=O)O)c(S(=O)(=O)O)c(C)c1/N=c1\ccc2c(-c3ccccc3S(=O)(=O)O)c3ccc(Nc4c(C)c(C)c(NC(=O)N(CC(=O)O)CC(=O)O)c(C)c4C)cc3oc-2c1. The van der Waals surface area contributed by atoms with E-state index in [1.807, 2.05) is 0 Å². The fraction of sp³-hybridized carbons (Fsp3) is 0.229. The summed E-state index contributed by atoms with van der Waals surface area (Å²) in [7, 11) is -9.99. The lowest BCUT2D eigenvalue weighted by Crippen LogP contribution is -2.42. The monoisotopic (exact) mass is 1040 g/mol. The lowest BCUT2D eigenvalue weighted by atomic mass is 9.93. The summed E-state index contributed by atoms with van der Waals surface area (Å²) < 4.78 is 79.0. The van der Waals surface area contributed by atoms with E-state index in [4.69, 9.17) is 9.41 Å². The van der Waals surface area contributed by atoms with Gasteiger partial charge < -0.3 is 50.6 Å². The highest BCUT2D eigenvalue weighted by molar-refractivity contribution is 7.86. The van der Waals surface area contributed by atoms with Crippen LogP contribution in [0.1, 0.15) is 38.9 Å². The molecule has 384 valence electrons. The van der Waals surface area contributed by atoms with Crippen molar-refractivity contribution in [2.75, 3.05) is 42.1 Å². The Morgan fingerprint density at radius 1 is 0.562 bits per heavy atom. The Hall–Kier alpha value is -8.39. The number of anilines is 4. The molecular formula is C48H48N6O17S2. The fourth-order valence-corrected chi connectivity index (χ4v) is 10.00. The van der Waals surface area contributed by atoms with E-state index in [1.54, 1.807) is 58.0 Å². The van der Waals surface area contributed by atoms with E-state index in [-0.39, 0.29) is 44.6 Å². The smallest absolute Gasteiger partial charge is 0.323 e. The van der Waals surface area contributed by atoms with Crippen molar-refractivity contribution in [3.05, 3.63) is 105 Å². The average Bonchev–Trinajstić information content (AvgIpc) is 3.29. The number of aliphatic carboxylic acids is 4. The maximum absolute atomic E-state index is 13.2. The average molecular weight is 1050 g/mol. The van der Waals surface area contributed by atoms with Crippen molar-refractivity contribution in [2.45, 2.75) is 58.3 Å². The van der Waals surface area contributed by atoms with Crippen LogP contribution in [-0.2, 0) is 39.4 Å². The van der Waals surface area contributed by atoms with Crippen molar-refractivity contribution >= 4 is 95.6 Å². The van der Waals surface area contributed by atoms with Crippen molar-refractivity contribution in [1.82, 2.24) is 9.80 Å². The van der Waals surface area contributed by atoms with E-state index in [1.165, 1.54) is 51.1 Å². The van der Waals surface area contributed by atoms with Gasteiger partial charge in [-0.1, -0.05) is 18.2 Å². The molecule has 0 saturated heterocycles. The highest BCUT2D eigenvalue weighted by Crippen LogP contribution is 2.44. The van der Waals surface area contributed by atoms with Gasteiger partial charge in [0.15, 0.2) is 0 Å². The number of carboxylic acids is 4. The molecule has 9 N–H and O–H groups in total. The van der Waals surface area contributed by atoms with E-state index >= 15 is 0 Å². The second-order valence-corrected chi connectivity index (χ2v) is 19.6. The Labute approximate surface area is 416 Å². The first kappa shape index (κ1) is 54.0. The van der Waals surface area contributed by atoms with Crippen LogP contribution in [-0.4, -0.2) is 118 Å². The van der Waals surface area contributed by atoms with E-state index in [9.17, 15) is 75.1 Å². The summed E-state index contributed by atoms with van der Waals surface area (Å²) in [5, 5.41) is 46.0. The quantitative estimate of drug-likeness (QED) is 0.0354. The predicted molar refractivity (Wildman–Crippen MR) is 264 cm³/mol. The van der Waals surface area contributed by atoms with Crippen molar-refractivity contribution < 1.29 is 79.6 Å². The maximum Gasteiger partial charge on any atom is 0.323 e. The van der Waals surface area contributed by atoms with Crippen LogP contribution in [0.5, 0.6) is 0 Å². The molecule has 0 atom stereocenters. The Balaban J connectivity index is 1.53. The molecule has 73 heavy (non-hydrogen) atoms. The molecule has 0 aromatic heterocycles. The van der Waals surface area contributed by atoms with Crippen LogP contribution in [0.4, 0.5) is 38.0 Å². The van der Waals surface area contributed by atoms with Crippen LogP contribution in [0.3, 0.4) is 0 Å². The molecule has 1 aliphatic carbocycles. The molecule has 0 bridgehead atoms. The largest absolute Gasteiger partial charge is 0.480 e. The van der Waals surface area contributed by atoms with Crippen molar-refractivity contribution in [3.8, 4) is 22.5 Å². The van der Waals surface area contributed by atoms with Gasteiger partial charge in [0.25, 0.3) is 20.2 Å². The number of hydrogen-bond donors (Lipinski definition) is 9. The van der Waals surface area contributed by atoms with Gasteiger partial charge in [0.05, 0.1) is 16.7 Å². The molecule has 0 saturated carbocycles. The highest BCUT2D eigenvalue weighted by Gasteiger charge is 2.30. The third-order valence-corrected chi connectivity index (χ3v) is 14.0. The van der Waals surface area contributed by atoms with Gasteiger partial charge in [0.2, 0.25) is 0 Å². The van der Waals surface area contributed by atoms with Gasteiger partial charge in [-0.2, -0.15) is 16.8 Å². The zero-order valence-electron chi connectivity index (χ0n) is 39.9. The van der Waals surface area contributed by atoms with Crippen LogP contribution in [0.15, 0.2) is 79.9 Å². The first-order valence-corrected chi connectivity index (χ1v) is 24.5. The van der Waals surface area contributed by atoms with E-state index in [2.05, 4.69) is 16.0 Å². The number of carboxylic acid groups (broad SMARTS) is 4. The molecule has 4 aromatic carbocycles. The molecule has 25 heteroatoms. The number of amides is 4. The second-order valence-electron chi connectivity index (χ2n) is 16.9. The third-order valence-electron chi connectivity index (χ3n) is 12.1. The van der Waals surface area contributed by atoms with E-state index in [0.717, 1.165) is 0 Å². The summed E-state index contributed by atoms with van der Waals surface area (Å²) in [6, 6.07) is 13.1. The molecular weight excluding hydrogens is 997 g/mol. The minimum Gasteiger partial charge on any atom is -0.480 e. The third kappa shape index (κ3) is 11.5. The molecule has 4 aromatic rings. The normalized spacial score (nSPS) is 11.9. The van der Waals surface area contributed by atoms with Crippen LogP contribution in [0.25, 0.3) is 33.4 Å². The maximum atomic E-state index is 13.2. The Kier molecular flexibility index (Phi) is 15.3. The molecule has 23 nitrogen and oxygen atoms in total. The van der Waals surface area contributed by atoms with E-state index in [0.29, 0.717) is 65.6 Å². The number of benzene rings is 5. The molecule has 6 rings (SSSR count). The predicted octanol–water partition coefficient (Wildman–Crippen LogP) is 6.84. The van der Waals surface area contributed by atoms with Crippen LogP contribution in [0, 0.1) is 48.5 Å². The Morgan fingerprint density at radius 3 is 1.56 bits per heavy atom. The van der Waals surface area contributed by atoms with Gasteiger partial charge in [-0.15, -0.1) is 0 Å². The van der Waals surface area contributed by atoms with Gasteiger partial charge in [-0.05, 0) is 118 Å². The van der Waals surface area contributed by atoms with Gasteiger partial charge >= 0.3 is 35.9 Å². The van der Waals surface area contributed by atoms with Crippen LogP contribution in [0.2, 0.25) is 0 Å². The topological polar surface area (TPSA) is 360 Å². The lowest BCUT2D eigenvalue weighted by Gasteiger charge is -2.25. The number of nitrogens with zero attached hydrogens (tertiary/aromatic N) is 3. The second kappa shape index (κ2) is 20.8. The van der Waals surface area contributed by atoms with Crippen molar-refractivity contribution in [2.24, 2.45) is 4.99 Å². The van der Waals surface area contributed by atoms with Crippen molar-refractivity contribution in [3.63, 3.8) is 0 Å². The molecule has 0 fully saturated rings. The highest BCUT2D eigenvalue weighted by atomic mass is 32.2. The summed E-state index contributed by atoms with van der Waals surface area (Å²) in [6.07, 6.45) is 0. The van der Waals surface area contributed by atoms with Crippen LogP contribution < -0.4 is 21.3 Å². The van der Waals surface area contributed by atoms with E-state index < -0.39 is 97.8 Å². The first-order chi connectivity index (χ1) is 34.0. The van der Waals surface area contributed by atoms with Gasteiger partial charge in [-0.25, -0.2) is 14.6 Å². The number of hydrogen-bond acceptors (Lipinski definition) is 13. The minimum absolute atomic E-state index is 0.0133. The first-order valence-electron chi connectivity index (χ1n) is 21.6. The Bertz CT molecular complexity index is 3550. The molecule has 1 aliphatic heterocycles. The molecule has 0 spiro atoms. The summed E-state index contributed by atoms with van der Waals surface area (Å²) in [5.74, 6) is -5.80. The fourth-order valence-electron chi connectivity index (χ4n) is 8.35. The van der Waals surface area contributed by atoms with Gasteiger partial charge in [-0.3, -0.25) is 28.3 Å². The van der Waals surface area contributed by atoms with Crippen LogP contribution >= 0.6 is 0 Å². The standard InChI is InChI=1S/C48H48N6O17S2/c1-22-24(3)43(51-47(63)53(18-37(55)56)19-38(57)58)25(4)23(2)42(22)49-29-12-14-31-34(16-29)71-35-17-30(13-15-32(35)41(31)33-10-8-9-11-36(33)72(65,66)67)50-44-26(5)27(6)45(46(28(44)7)73(68,69)70)52-48(64)54(20-39(59)60)21-40(61)62/h8-17,49H,18-21H2,1-7H3,(H,51,63)(H,52,64)(H,55,56)(H,57,58)(H,59,60)(H,61,62)(H,65,66,67)(H,68,69,70)/b50-30+. The van der Waals surface area contributed by atoms with Crippen molar-refractivity contribution in [1.29, 1.82) is 0 Å². The Morgan fingerprint density at radius 2 is 1.05 bits per heavy atom. The number of urea groups is 2. The molecule has 2 aliphatic rings. The minimum atomic E-state index is -5.18.